The minimum absolute atomic E-state index is 0.534. The molecule has 0 N–H and O–H groups in total. The zero-order valence-corrected chi connectivity index (χ0v) is 9.86. The van der Waals surface area contributed by atoms with Crippen LogP contribution in [0.2, 0.25) is 10.0 Å². The molecule has 1 aromatic heterocycles. The minimum atomic E-state index is 0.534. The van der Waals surface area contributed by atoms with Gasteiger partial charge in [-0.1, -0.05) is 23.2 Å². The number of rotatable bonds is 1. The summed E-state index contributed by atoms with van der Waals surface area (Å²) in [5.41, 5.74) is 1.63. The second-order valence-corrected chi connectivity index (χ2v) is 4.13. The first kappa shape index (κ1) is 10.5. The van der Waals surface area contributed by atoms with Crippen LogP contribution in [0, 0.1) is 13.8 Å². The highest BCUT2D eigenvalue weighted by Crippen LogP contribution is 2.30. The second-order valence-electron chi connectivity index (χ2n) is 3.28. The summed E-state index contributed by atoms with van der Waals surface area (Å²) in [7, 11) is 0. The zero-order chi connectivity index (χ0) is 11.0. The van der Waals surface area contributed by atoms with E-state index in [1.807, 2.05) is 13.8 Å². The topological polar surface area (TPSA) is 26.0 Å². The van der Waals surface area contributed by atoms with E-state index in [0.717, 1.165) is 17.0 Å². The molecule has 0 radical (unpaired) electrons. The smallest absolute Gasteiger partial charge is 0.227 e. The van der Waals surface area contributed by atoms with Crippen molar-refractivity contribution in [1.82, 2.24) is 4.98 Å². The summed E-state index contributed by atoms with van der Waals surface area (Å²) in [6.07, 6.45) is 0. The maximum absolute atomic E-state index is 6.04. The molecule has 78 valence electrons. The van der Waals surface area contributed by atoms with Crippen LogP contribution in [0.25, 0.3) is 11.5 Å². The molecule has 0 aliphatic carbocycles. The van der Waals surface area contributed by atoms with Gasteiger partial charge in [-0.05, 0) is 32.0 Å². The molecular weight excluding hydrogens is 233 g/mol. The van der Waals surface area contributed by atoms with Gasteiger partial charge < -0.3 is 4.42 Å². The molecule has 2 nitrogen and oxygen atoms in total. The Morgan fingerprint density at radius 3 is 2.47 bits per heavy atom. The molecule has 2 aromatic rings. The third-order valence-corrected chi connectivity index (χ3v) is 2.74. The van der Waals surface area contributed by atoms with E-state index in [-0.39, 0.29) is 0 Å². The number of halogens is 2. The number of oxazole rings is 1. The lowest BCUT2D eigenvalue weighted by atomic mass is 10.2. The van der Waals surface area contributed by atoms with Gasteiger partial charge in [-0.3, -0.25) is 0 Å². The predicted molar refractivity (Wildman–Crippen MR) is 61.4 cm³/mol. The number of hydrogen-bond donors (Lipinski definition) is 0. The molecular formula is C11H9Cl2NO. The molecule has 0 atom stereocenters. The first-order chi connectivity index (χ1) is 7.08. The summed E-state index contributed by atoms with van der Waals surface area (Å²) in [5, 5.41) is 1.15. The van der Waals surface area contributed by atoms with Crippen LogP contribution in [0.1, 0.15) is 11.5 Å². The lowest BCUT2D eigenvalue weighted by Gasteiger charge is -1.99. The highest BCUT2D eigenvalue weighted by Gasteiger charge is 2.11. The van der Waals surface area contributed by atoms with Gasteiger partial charge in [-0.25, -0.2) is 4.98 Å². The summed E-state index contributed by atoms with van der Waals surface area (Å²) in [6, 6.07) is 5.24. The third kappa shape index (κ3) is 2.01. The molecule has 0 bridgehead atoms. The van der Waals surface area contributed by atoms with Crippen LogP contribution in [-0.2, 0) is 0 Å². The molecule has 1 aromatic carbocycles. The van der Waals surface area contributed by atoms with E-state index >= 15 is 0 Å². The summed E-state index contributed by atoms with van der Waals surface area (Å²) in [6.45, 7) is 3.77. The molecule has 15 heavy (non-hydrogen) atoms. The van der Waals surface area contributed by atoms with Crippen molar-refractivity contribution in [2.45, 2.75) is 13.8 Å². The molecule has 0 amide bonds. The van der Waals surface area contributed by atoms with E-state index in [1.54, 1.807) is 18.2 Å². The Morgan fingerprint density at radius 1 is 1.20 bits per heavy atom. The van der Waals surface area contributed by atoms with Crippen molar-refractivity contribution in [2.75, 3.05) is 0 Å². The van der Waals surface area contributed by atoms with Gasteiger partial charge in [0, 0.05) is 5.02 Å². The maximum Gasteiger partial charge on any atom is 0.227 e. The summed E-state index contributed by atoms with van der Waals surface area (Å²) < 4.78 is 5.48. The standard InChI is InChI=1S/C11H9Cl2NO/c1-6-7(2)15-11(14-6)9-4-3-8(12)5-10(9)13/h3-5H,1-2H3. The molecule has 0 saturated heterocycles. The molecule has 0 aliphatic heterocycles. The minimum Gasteiger partial charge on any atom is -0.441 e. The van der Waals surface area contributed by atoms with Gasteiger partial charge in [0.05, 0.1) is 16.3 Å². The lowest BCUT2D eigenvalue weighted by Crippen LogP contribution is -1.79. The fourth-order valence-electron chi connectivity index (χ4n) is 1.25. The molecule has 0 saturated carbocycles. The average molecular weight is 242 g/mol. The van der Waals surface area contributed by atoms with Crippen molar-refractivity contribution in [3.05, 3.63) is 39.7 Å². The second kappa shape index (κ2) is 3.87. The van der Waals surface area contributed by atoms with E-state index in [9.17, 15) is 0 Å². The fraction of sp³-hybridized carbons (Fsp3) is 0.182. The first-order valence-corrected chi connectivity index (χ1v) is 5.23. The van der Waals surface area contributed by atoms with Crippen LogP contribution in [0.5, 0.6) is 0 Å². The van der Waals surface area contributed by atoms with E-state index in [4.69, 9.17) is 27.6 Å². The summed E-state index contributed by atoms with van der Waals surface area (Å²) >= 11 is 11.8. The fourth-order valence-corrected chi connectivity index (χ4v) is 1.74. The van der Waals surface area contributed by atoms with Gasteiger partial charge in [-0.2, -0.15) is 0 Å². The summed E-state index contributed by atoms with van der Waals surface area (Å²) in [4.78, 5) is 4.28. The Bertz CT molecular complexity index is 486. The largest absolute Gasteiger partial charge is 0.441 e. The van der Waals surface area contributed by atoms with Gasteiger partial charge in [0.1, 0.15) is 5.76 Å². The highest BCUT2D eigenvalue weighted by molar-refractivity contribution is 6.36. The number of aryl methyl sites for hydroxylation is 2. The Labute approximate surface area is 97.8 Å². The number of hydrogen-bond acceptors (Lipinski definition) is 2. The Morgan fingerprint density at radius 2 is 1.93 bits per heavy atom. The number of aromatic nitrogens is 1. The molecule has 0 aliphatic rings. The normalized spacial score (nSPS) is 10.7. The van der Waals surface area contributed by atoms with Crippen LogP contribution in [0.15, 0.2) is 22.6 Å². The van der Waals surface area contributed by atoms with Gasteiger partial charge in [0.25, 0.3) is 0 Å². The van der Waals surface area contributed by atoms with Crippen LogP contribution < -0.4 is 0 Å². The van der Waals surface area contributed by atoms with Crippen molar-refractivity contribution in [1.29, 1.82) is 0 Å². The lowest BCUT2D eigenvalue weighted by molar-refractivity contribution is 0.541. The van der Waals surface area contributed by atoms with E-state index in [0.29, 0.717) is 15.9 Å². The SMILES string of the molecule is Cc1nc(-c2ccc(Cl)cc2Cl)oc1C. The molecule has 0 fully saturated rings. The predicted octanol–water partition coefficient (Wildman–Crippen LogP) is 4.27. The van der Waals surface area contributed by atoms with Crippen molar-refractivity contribution < 1.29 is 4.42 Å². The van der Waals surface area contributed by atoms with Crippen LogP contribution in [0.4, 0.5) is 0 Å². The van der Waals surface area contributed by atoms with Gasteiger partial charge in [0.2, 0.25) is 5.89 Å². The van der Waals surface area contributed by atoms with E-state index in [1.165, 1.54) is 0 Å². The van der Waals surface area contributed by atoms with Gasteiger partial charge in [0.15, 0.2) is 0 Å². The van der Waals surface area contributed by atoms with Crippen LogP contribution in [0.3, 0.4) is 0 Å². The van der Waals surface area contributed by atoms with Crippen molar-refractivity contribution in [3.8, 4) is 11.5 Å². The van der Waals surface area contributed by atoms with Crippen LogP contribution >= 0.6 is 23.2 Å². The van der Waals surface area contributed by atoms with Gasteiger partial charge >= 0.3 is 0 Å². The van der Waals surface area contributed by atoms with Gasteiger partial charge in [-0.15, -0.1) is 0 Å². The van der Waals surface area contributed by atoms with Crippen molar-refractivity contribution in [2.24, 2.45) is 0 Å². The highest BCUT2D eigenvalue weighted by atomic mass is 35.5. The van der Waals surface area contributed by atoms with E-state index in [2.05, 4.69) is 4.98 Å². The quantitative estimate of drug-likeness (QED) is 0.746. The third-order valence-electron chi connectivity index (χ3n) is 2.19. The Hall–Kier alpha value is -0.990. The molecule has 4 heteroatoms. The molecule has 0 unspecified atom stereocenters. The monoisotopic (exact) mass is 241 g/mol. The molecule has 0 spiro atoms. The molecule has 1 heterocycles. The maximum atomic E-state index is 6.04. The Balaban J connectivity index is 2.54. The summed E-state index contributed by atoms with van der Waals surface area (Å²) in [5.74, 6) is 1.34. The van der Waals surface area contributed by atoms with Crippen LogP contribution in [-0.4, -0.2) is 4.98 Å². The number of benzene rings is 1. The first-order valence-electron chi connectivity index (χ1n) is 4.47. The van der Waals surface area contributed by atoms with E-state index < -0.39 is 0 Å². The van der Waals surface area contributed by atoms with Crippen molar-refractivity contribution in [3.63, 3.8) is 0 Å². The Kier molecular flexibility index (Phi) is 2.72. The number of nitrogens with zero attached hydrogens (tertiary/aromatic N) is 1. The molecule has 2 rings (SSSR count). The van der Waals surface area contributed by atoms with Crippen molar-refractivity contribution >= 4 is 23.2 Å². The average Bonchev–Trinajstić information content (AvgIpc) is 2.46. The zero-order valence-electron chi connectivity index (χ0n) is 8.34.